The maximum atomic E-state index is 11.8. The minimum Gasteiger partial charge on any atom is -0.454 e. The van der Waals surface area contributed by atoms with Gasteiger partial charge in [-0.1, -0.05) is 0 Å². The number of anilines is 2. The highest BCUT2D eigenvalue weighted by Crippen LogP contribution is 2.48. The van der Waals surface area contributed by atoms with Crippen molar-refractivity contribution in [2.24, 2.45) is 0 Å². The van der Waals surface area contributed by atoms with E-state index >= 15 is 0 Å². The molecule has 53 heavy (non-hydrogen) atoms. The van der Waals surface area contributed by atoms with Crippen molar-refractivity contribution in [3.05, 3.63) is 45.1 Å². The van der Waals surface area contributed by atoms with Gasteiger partial charge in [0.15, 0.2) is 23.0 Å². The fourth-order valence-electron chi connectivity index (χ4n) is 7.31. The molecule has 1 amide bonds. The number of nitrogens with two attached hydrogens (primary N) is 1. The van der Waals surface area contributed by atoms with Gasteiger partial charge in [-0.05, 0) is 51.7 Å². The fraction of sp³-hybridized carbons (Fsp3) is 0.395. The summed E-state index contributed by atoms with van der Waals surface area (Å²) in [4.78, 5) is 29.2. The van der Waals surface area contributed by atoms with Crippen LogP contribution >= 0.6 is 45.3 Å². The van der Waals surface area contributed by atoms with Crippen molar-refractivity contribution in [1.82, 2.24) is 19.8 Å². The molecule has 0 bridgehead atoms. The molecule has 0 unspecified atom stereocenters. The molecule has 0 radical (unpaired) electrons. The number of nitrogen functional groups attached to an aromatic ring is 1. The van der Waals surface area contributed by atoms with Gasteiger partial charge < -0.3 is 30.0 Å². The summed E-state index contributed by atoms with van der Waals surface area (Å²) >= 11 is 6.72. The Bertz CT molecular complexity index is 2310. The zero-order chi connectivity index (χ0) is 36.5. The molecule has 0 aliphatic carbocycles. The maximum absolute atomic E-state index is 11.8. The van der Waals surface area contributed by atoms with Crippen LogP contribution in [0.1, 0.15) is 55.5 Å². The number of carbonyl (C=O) groups is 1. The third kappa shape index (κ3) is 6.40. The van der Waals surface area contributed by atoms with Crippen molar-refractivity contribution >= 4 is 81.7 Å². The Morgan fingerprint density at radius 2 is 1.19 bits per heavy atom. The summed E-state index contributed by atoms with van der Waals surface area (Å²) in [6.07, 6.45) is 2.01. The molecular weight excluding hydrogens is 749 g/mol. The fourth-order valence-corrected chi connectivity index (χ4v) is 12.0. The Balaban J connectivity index is 0.000000141. The lowest BCUT2D eigenvalue weighted by Gasteiger charge is -2.30. The predicted octanol–water partition coefficient (Wildman–Crippen LogP) is 8.58. The van der Waals surface area contributed by atoms with Gasteiger partial charge in [-0.3, -0.25) is 14.6 Å². The number of nitrogens with zero attached hydrogens (tertiary/aromatic N) is 4. The van der Waals surface area contributed by atoms with Crippen LogP contribution < -0.4 is 30.0 Å². The molecule has 0 saturated heterocycles. The summed E-state index contributed by atoms with van der Waals surface area (Å²) in [5, 5.41) is 6.78. The number of carbonyl (C=O) groups excluding carboxylic acids is 1. The molecule has 10 rings (SSSR count). The molecule has 3 N–H and O–H groups in total. The lowest BCUT2D eigenvalue weighted by Crippen LogP contribution is -2.35. The number of amides is 1. The van der Waals surface area contributed by atoms with Crippen LogP contribution in [0, 0.1) is 0 Å². The van der Waals surface area contributed by atoms with Crippen LogP contribution in [0.2, 0.25) is 0 Å². The van der Waals surface area contributed by atoms with Crippen molar-refractivity contribution in [2.45, 2.75) is 72.6 Å². The van der Waals surface area contributed by atoms with Gasteiger partial charge in [-0.15, -0.1) is 45.3 Å². The van der Waals surface area contributed by atoms with Crippen molar-refractivity contribution < 1.29 is 23.7 Å². The number of hydrogen-bond acceptors (Lipinski definition) is 14. The number of fused-ring (bicyclic) bond motifs is 6. The highest BCUT2D eigenvalue weighted by atomic mass is 32.1. The number of aromatic nitrogens is 2. The first-order valence-electron chi connectivity index (χ1n) is 17.8. The Morgan fingerprint density at radius 1 is 0.717 bits per heavy atom. The lowest BCUT2D eigenvalue weighted by atomic mass is 10.0. The van der Waals surface area contributed by atoms with Crippen molar-refractivity contribution in [2.75, 3.05) is 37.7 Å². The van der Waals surface area contributed by atoms with Gasteiger partial charge in [0, 0.05) is 90.3 Å². The normalized spacial score (nSPS) is 16.4. The van der Waals surface area contributed by atoms with Crippen LogP contribution in [0.4, 0.5) is 10.0 Å². The largest absolute Gasteiger partial charge is 0.454 e. The zero-order valence-electron chi connectivity index (χ0n) is 30.2. The van der Waals surface area contributed by atoms with Crippen LogP contribution in [0.15, 0.2) is 24.3 Å². The number of rotatable bonds is 5. The van der Waals surface area contributed by atoms with Gasteiger partial charge in [0.05, 0.1) is 25.4 Å². The van der Waals surface area contributed by atoms with Crippen LogP contribution in [-0.2, 0) is 30.7 Å². The molecule has 11 nitrogen and oxygen atoms in total. The molecular formula is C38H40N6O5S4. The summed E-state index contributed by atoms with van der Waals surface area (Å²) in [5.41, 5.74) is 13.2. The zero-order valence-corrected chi connectivity index (χ0v) is 33.4. The second kappa shape index (κ2) is 13.7. The molecule has 2 aromatic carbocycles. The Morgan fingerprint density at radius 3 is 1.70 bits per heavy atom. The Kier molecular flexibility index (Phi) is 8.98. The molecule has 276 valence electrons. The molecule has 4 aromatic heterocycles. The van der Waals surface area contributed by atoms with E-state index in [9.17, 15) is 4.79 Å². The van der Waals surface area contributed by atoms with Gasteiger partial charge >= 0.3 is 0 Å². The molecule has 15 heteroatoms. The number of thiophene rings is 2. The van der Waals surface area contributed by atoms with Gasteiger partial charge in [-0.25, -0.2) is 9.97 Å². The Labute approximate surface area is 323 Å². The highest BCUT2D eigenvalue weighted by Gasteiger charge is 2.30. The maximum Gasteiger partial charge on any atom is 0.231 e. The number of ether oxygens (including phenoxy) is 4. The van der Waals surface area contributed by atoms with Crippen LogP contribution in [0.5, 0.6) is 23.0 Å². The molecule has 4 aliphatic rings. The topological polar surface area (TPSA) is 124 Å². The number of nitrogens with one attached hydrogen (secondary N) is 1. The van der Waals surface area contributed by atoms with Crippen molar-refractivity contribution in [3.63, 3.8) is 0 Å². The first-order valence-corrected chi connectivity index (χ1v) is 21.1. The van der Waals surface area contributed by atoms with E-state index in [1.165, 1.54) is 20.9 Å². The quantitative estimate of drug-likeness (QED) is 0.176. The molecule has 0 spiro atoms. The highest BCUT2D eigenvalue weighted by molar-refractivity contribution is 7.23. The second-order valence-corrected chi connectivity index (χ2v) is 18.4. The molecule has 6 aromatic rings. The van der Waals surface area contributed by atoms with E-state index in [-0.39, 0.29) is 19.5 Å². The number of thiazole rings is 2. The molecule has 0 fully saturated rings. The molecule has 8 heterocycles. The minimum absolute atomic E-state index is 0.0533. The van der Waals surface area contributed by atoms with Crippen molar-refractivity contribution in [3.8, 4) is 44.1 Å². The summed E-state index contributed by atoms with van der Waals surface area (Å²) in [5.74, 6) is 3.03. The first-order chi connectivity index (χ1) is 25.6. The number of benzene rings is 2. The lowest BCUT2D eigenvalue weighted by molar-refractivity contribution is -0.114. The van der Waals surface area contributed by atoms with Crippen LogP contribution in [0.3, 0.4) is 0 Å². The Hall–Kier alpha value is -3.99. The van der Waals surface area contributed by atoms with E-state index in [1.54, 1.807) is 52.3 Å². The van der Waals surface area contributed by atoms with Crippen molar-refractivity contribution in [1.29, 1.82) is 0 Å². The van der Waals surface area contributed by atoms with Crippen LogP contribution in [0.25, 0.3) is 41.6 Å². The van der Waals surface area contributed by atoms with Gasteiger partial charge in [0.25, 0.3) is 0 Å². The smallest absolute Gasteiger partial charge is 0.231 e. The molecule has 4 aliphatic heterocycles. The van der Waals surface area contributed by atoms with Crippen LogP contribution in [-0.4, -0.2) is 64.4 Å². The average molecular weight is 789 g/mol. The van der Waals surface area contributed by atoms with E-state index in [4.69, 9.17) is 34.6 Å². The molecule has 0 saturated carbocycles. The van der Waals surface area contributed by atoms with E-state index in [1.807, 2.05) is 24.3 Å². The monoisotopic (exact) mass is 788 g/mol. The summed E-state index contributed by atoms with van der Waals surface area (Å²) in [6, 6.07) is 8.99. The summed E-state index contributed by atoms with van der Waals surface area (Å²) in [6.45, 7) is 15.1. The predicted molar refractivity (Wildman–Crippen MR) is 215 cm³/mol. The average Bonchev–Trinajstić information content (AvgIpc) is 3.97. The van der Waals surface area contributed by atoms with E-state index < -0.39 is 0 Å². The first kappa shape index (κ1) is 34.8. The van der Waals surface area contributed by atoms with Gasteiger partial charge in [0.2, 0.25) is 19.5 Å². The van der Waals surface area contributed by atoms with Gasteiger partial charge in [0.1, 0.15) is 15.0 Å². The van der Waals surface area contributed by atoms with E-state index in [2.05, 4.69) is 42.8 Å². The van der Waals surface area contributed by atoms with E-state index in [0.717, 1.165) is 114 Å². The number of hydrogen-bond donors (Lipinski definition) is 2. The standard InChI is InChI=1S/C20H21N3O3S2.C18H19N3O2S2/c1-10(2)23-5-4-12-17(8-23)28-19(21-11(3)24)18(12)20-22-13-6-14-15(26-9-25-14)7-16(13)27-20;1-9(2)21-4-3-10-15(7-21)24-17(19)16(10)18-20-11-5-12-13(23-8-22-12)6-14(11)25-18/h6-7,10H,4-5,8-9H2,1-3H3,(H,21,24);5-6,9H,3-4,7-8,19H2,1-2H3. The third-order valence-corrected chi connectivity index (χ3v) is 14.4. The molecule has 0 atom stereocenters. The second-order valence-electron chi connectivity index (χ2n) is 14.1. The van der Waals surface area contributed by atoms with E-state index in [0.29, 0.717) is 12.1 Å². The summed E-state index contributed by atoms with van der Waals surface area (Å²) in [7, 11) is 0. The summed E-state index contributed by atoms with van der Waals surface area (Å²) < 4.78 is 24.1. The third-order valence-electron chi connectivity index (χ3n) is 10.1. The van der Waals surface area contributed by atoms with Gasteiger partial charge in [-0.2, -0.15) is 0 Å². The SMILES string of the molecule is CC(=O)Nc1sc2c(c1-c1nc3cc4c(cc3s1)OCO4)CCN(C(C)C)C2.CC(C)N1CCc2c(sc(N)c2-c2nc3cc4c(cc3s2)OCO4)C1. The minimum atomic E-state index is -0.0533.